The zero-order chi connectivity index (χ0) is 15.6. The highest BCUT2D eigenvalue weighted by molar-refractivity contribution is 7.08. The standard InChI is InChI=1S/C18H19N3OS/c1-13-17(20-18(22-13)16-5-9-23-12-16)11-21-8-4-15(10-21)14-2-6-19-7-3-14/h2-3,5-7,9,12,15H,4,8,10-11H2,1H3. The normalized spacial score (nSPS) is 18.6. The Morgan fingerprint density at radius 3 is 2.96 bits per heavy atom. The van der Waals surface area contributed by atoms with Crippen LogP contribution in [0.15, 0.2) is 45.8 Å². The fourth-order valence-electron chi connectivity index (χ4n) is 3.18. The van der Waals surface area contributed by atoms with E-state index in [2.05, 4.69) is 33.5 Å². The van der Waals surface area contributed by atoms with Gasteiger partial charge in [-0.1, -0.05) is 0 Å². The van der Waals surface area contributed by atoms with Crippen molar-refractivity contribution < 1.29 is 4.42 Å². The molecule has 0 aromatic carbocycles. The van der Waals surface area contributed by atoms with Gasteiger partial charge in [-0.05, 0) is 54.9 Å². The highest BCUT2D eigenvalue weighted by atomic mass is 32.1. The van der Waals surface area contributed by atoms with E-state index in [1.54, 1.807) is 11.3 Å². The van der Waals surface area contributed by atoms with Gasteiger partial charge in [0.25, 0.3) is 0 Å². The number of oxazole rings is 1. The molecule has 0 bridgehead atoms. The predicted octanol–water partition coefficient (Wildman–Crippen LogP) is 4.10. The Labute approximate surface area is 139 Å². The highest BCUT2D eigenvalue weighted by Gasteiger charge is 2.25. The molecule has 4 heterocycles. The second-order valence-corrected chi connectivity index (χ2v) is 6.82. The second-order valence-electron chi connectivity index (χ2n) is 6.04. The first-order valence-electron chi connectivity index (χ1n) is 7.91. The summed E-state index contributed by atoms with van der Waals surface area (Å²) in [6, 6.07) is 6.31. The quantitative estimate of drug-likeness (QED) is 0.724. The zero-order valence-corrected chi connectivity index (χ0v) is 13.9. The van der Waals surface area contributed by atoms with Gasteiger partial charge >= 0.3 is 0 Å². The maximum Gasteiger partial charge on any atom is 0.227 e. The molecule has 23 heavy (non-hydrogen) atoms. The van der Waals surface area contributed by atoms with Gasteiger partial charge in [0.2, 0.25) is 5.89 Å². The van der Waals surface area contributed by atoms with Crippen molar-refractivity contribution in [2.75, 3.05) is 13.1 Å². The molecule has 4 rings (SSSR count). The lowest BCUT2D eigenvalue weighted by Gasteiger charge is -2.14. The summed E-state index contributed by atoms with van der Waals surface area (Å²) in [4.78, 5) is 11.3. The minimum Gasteiger partial charge on any atom is -0.441 e. The van der Waals surface area contributed by atoms with Crippen molar-refractivity contribution in [2.24, 2.45) is 0 Å². The summed E-state index contributed by atoms with van der Waals surface area (Å²) < 4.78 is 5.84. The molecule has 4 nitrogen and oxygen atoms in total. The van der Waals surface area contributed by atoms with Crippen LogP contribution in [-0.4, -0.2) is 28.0 Å². The van der Waals surface area contributed by atoms with Crippen LogP contribution in [0.3, 0.4) is 0 Å². The number of hydrogen-bond acceptors (Lipinski definition) is 5. The third-order valence-electron chi connectivity index (χ3n) is 4.48. The molecule has 1 atom stereocenters. The first-order valence-corrected chi connectivity index (χ1v) is 8.85. The van der Waals surface area contributed by atoms with E-state index in [1.165, 1.54) is 12.0 Å². The fraction of sp³-hybridized carbons (Fsp3) is 0.333. The summed E-state index contributed by atoms with van der Waals surface area (Å²) in [5, 5.41) is 4.12. The third-order valence-corrected chi connectivity index (χ3v) is 5.17. The summed E-state index contributed by atoms with van der Waals surface area (Å²) in [5.74, 6) is 2.27. The van der Waals surface area contributed by atoms with Crippen molar-refractivity contribution in [3.05, 3.63) is 58.4 Å². The maximum atomic E-state index is 5.84. The number of likely N-dealkylation sites (tertiary alicyclic amines) is 1. The number of aromatic nitrogens is 2. The predicted molar refractivity (Wildman–Crippen MR) is 91.4 cm³/mol. The van der Waals surface area contributed by atoms with Crippen LogP contribution in [-0.2, 0) is 6.54 Å². The van der Waals surface area contributed by atoms with Crippen LogP contribution in [0.1, 0.15) is 29.4 Å². The first-order chi connectivity index (χ1) is 11.3. The molecule has 5 heteroatoms. The SMILES string of the molecule is Cc1oc(-c2ccsc2)nc1CN1CCC(c2ccncc2)C1. The smallest absolute Gasteiger partial charge is 0.227 e. The molecule has 1 unspecified atom stereocenters. The van der Waals surface area contributed by atoms with Crippen LogP contribution < -0.4 is 0 Å². The Hall–Kier alpha value is -1.98. The minimum absolute atomic E-state index is 0.599. The van der Waals surface area contributed by atoms with E-state index in [4.69, 9.17) is 9.40 Å². The molecule has 1 aliphatic heterocycles. The molecule has 118 valence electrons. The van der Waals surface area contributed by atoms with Gasteiger partial charge in [-0.2, -0.15) is 11.3 Å². The summed E-state index contributed by atoms with van der Waals surface area (Å²) in [6.45, 7) is 5.05. The number of aryl methyl sites for hydroxylation is 1. The van der Waals surface area contributed by atoms with Gasteiger partial charge in [-0.3, -0.25) is 9.88 Å². The molecule has 3 aromatic rings. The Morgan fingerprint density at radius 1 is 1.30 bits per heavy atom. The van der Waals surface area contributed by atoms with E-state index >= 15 is 0 Å². The van der Waals surface area contributed by atoms with Crippen LogP contribution in [0.25, 0.3) is 11.5 Å². The van der Waals surface area contributed by atoms with E-state index in [0.29, 0.717) is 5.92 Å². The zero-order valence-electron chi connectivity index (χ0n) is 13.1. The average molecular weight is 325 g/mol. The van der Waals surface area contributed by atoms with Crippen LogP contribution in [0.2, 0.25) is 0 Å². The molecule has 0 N–H and O–H groups in total. The number of nitrogens with zero attached hydrogens (tertiary/aromatic N) is 3. The van der Waals surface area contributed by atoms with Crippen LogP contribution in [0, 0.1) is 6.92 Å². The van der Waals surface area contributed by atoms with Gasteiger partial charge in [-0.15, -0.1) is 0 Å². The lowest BCUT2D eigenvalue weighted by molar-refractivity contribution is 0.321. The van der Waals surface area contributed by atoms with Crippen molar-refractivity contribution in [2.45, 2.75) is 25.8 Å². The molecule has 0 amide bonds. The van der Waals surface area contributed by atoms with E-state index in [1.807, 2.05) is 24.7 Å². The van der Waals surface area contributed by atoms with Gasteiger partial charge in [-0.25, -0.2) is 4.98 Å². The van der Waals surface area contributed by atoms with E-state index < -0.39 is 0 Å². The van der Waals surface area contributed by atoms with Crippen LogP contribution in [0.4, 0.5) is 0 Å². The van der Waals surface area contributed by atoms with E-state index in [9.17, 15) is 0 Å². The van der Waals surface area contributed by atoms with Crippen molar-refractivity contribution in [3.8, 4) is 11.5 Å². The summed E-state index contributed by atoms with van der Waals surface area (Å²) in [6.07, 6.45) is 4.96. The first kappa shape index (κ1) is 14.6. The van der Waals surface area contributed by atoms with Gasteiger partial charge < -0.3 is 4.42 Å². The van der Waals surface area contributed by atoms with Gasteiger partial charge in [0.15, 0.2) is 0 Å². The molecule has 0 saturated carbocycles. The maximum absolute atomic E-state index is 5.84. The highest BCUT2D eigenvalue weighted by Crippen LogP contribution is 2.29. The monoisotopic (exact) mass is 325 g/mol. The van der Waals surface area contributed by atoms with Crippen molar-refractivity contribution in [3.63, 3.8) is 0 Å². The minimum atomic E-state index is 0.599. The number of thiophene rings is 1. The Bertz CT molecular complexity index is 767. The average Bonchev–Trinajstić information content (AvgIpc) is 3.31. The van der Waals surface area contributed by atoms with Crippen molar-refractivity contribution in [1.29, 1.82) is 0 Å². The largest absolute Gasteiger partial charge is 0.441 e. The van der Waals surface area contributed by atoms with Crippen molar-refractivity contribution >= 4 is 11.3 Å². The number of pyridine rings is 1. The molecule has 1 fully saturated rings. The van der Waals surface area contributed by atoms with Crippen LogP contribution in [0.5, 0.6) is 0 Å². The lowest BCUT2D eigenvalue weighted by Crippen LogP contribution is -2.20. The Kier molecular flexibility index (Phi) is 3.97. The molecule has 3 aromatic heterocycles. The topological polar surface area (TPSA) is 42.2 Å². The van der Waals surface area contributed by atoms with Crippen molar-refractivity contribution in [1.82, 2.24) is 14.9 Å². The summed E-state index contributed by atoms with van der Waals surface area (Å²) >= 11 is 1.66. The Morgan fingerprint density at radius 2 is 2.17 bits per heavy atom. The van der Waals surface area contributed by atoms with Gasteiger partial charge in [0, 0.05) is 36.4 Å². The Balaban J connectivity index is 1.45. The molecule has 0 aliphatic carbocycles. The lowest BCUT2D eigenvalue weighted by atomic mass is 10.00. The number of rotatable bonds is 4. The summed E-state index contributed by atoms with van der Waals surface area (Å²) in [7, 11) is 0. The molecular formula is C18H19N3OS. The van der Waals surface area contributed by atoms with E-state index in [0.717, 1.165) is 42.5 Å². The van der Waals surface area contributed by atoms with Gasteiger partial charge in [0.1, 0.15) is 5.76 Å². The summed E-state index contributed by atoms with van der Waals surface area (Å²) in [5.41, 5.74) is 3.51. The number of hydrogen-bond donors (Lipinski definition) is 0. The van der Waals surface area contributed by atoms with E-state index in [-0.39, 0.29) is 0 Å². The second kappa shape index (κ2) is 6.26. The third kappa shape index (κ3) is 3.07. The fourth-order valence-corrected chi connectivity index (χ4v) is 3.81. The van der Waals surface area contributed by atoms with Crippen LogP contribution >= 0.6 is 11.3 Å². The molecule has 0 radical (unpaired) electrons. The molecule has 1 saturated heterocycles. The molecule has 0 spiro atoms. The molecular weight excluding hydrogens is 306 g/mol. The van der Waals surface area contributed by atoms with Gasteiger partial charge in [0.05, 0.1) is 5.69 Å². The molecule has 1 aliphatic rings.